The maximum absolute atomic E-state index is 11.2. The van der Waals surface area contributed by atoms with Crippen LogP contribution in [0.4, 0.5) is 0 Å². The van der Waals surface area contributed by atoms with Gasteiger partial charge in [0.2, 0.25) is 0 Å². The number of carbonyl (C=O) groups is 1. The van der Waals surface area contributed by atoms with E-state index in [1.54, 1.807) is 7.05 Å². The Hall–Kier alpha value is -2.82. The van der Waals surface area contributed by atoms with Gasteiger partial charge in [-0.05, 0) is 17.5 Å². The van der Waals surface area contributed by atoms with Gasteiger partial charge >= 0.3 is 5.97 Å². The Kier molecular flexibility index (Phi) is 8.19. The van der Waals surface area contributed by atoms with E-state index in [1.165, 1.54) is 18.2 Å². The van der Waals surface area contributed by atoms with Crippen LogP contribution in [-0.2, 0) is 16.0 Å². The molecule has 0 saturated carbocycles. The molecule has 2 aromatic carbocycles. The highest BCUT2D eigenvalue weighted by Gasteiger charge is 2.13. The first kappa shape index (κ1) is 19.5. The number of nitrogens with one attached hydrogen (secondary N) is 2. The molecule has 0 spiro atoms. The van der Waals surface area contributed by atoms with Crippen LogP contribution in [0.1, 0.15) is 23.5 Å². The second-order valence-corrected chi connectivity index (χ2v) is 6.00. The Balaban J connectivity index is 1.96. The standard InChI is InChI=1S/C21H27N3O2/c1-22-21(23-14-13-20(25)26-2)24-16-19(18-11-7-4-8-12-18)15-17-9-5-3-6-10-17/h3-12,19H,13-16H2,1-2H3,(H2,22,23,24). The van der Waals surface area contributed by atoms with Crippen molar-refractivity contribution in [1.29, 1.82) is 0 Å². The molecule has 0 aliphatic heterocycles. The van der Waals surface area contributed by atoms with Gasteiger partial charge in [-0.25, -0.2) is 0 Å². The van der Waals surface area contributed by atoms with Gasteiger partial charge in [0.1, 0.15) is 0 Å². The van der Waals surface area contributed by atoms with Crippen LogP contribution >= 0.6 is 0 Å². The molecule has 0 radical (unpaired) electrons. The number of nitrogens with zero attached hydrogens (tertiary/aromatic N) is 1. The average molecular weight is 353 g/mol. The molecule has 0 aliphatic rings. The summed E-state index contributed by atoms with van der Waals surface area (Å²) in [6.07, 6.45) is 1.25. The third kappa shape index (κ3) is 6.59. The van der Waals surface area contributed by atoms with Crippen LogP contribution in [0.25, 0.3) is 0 Å². The lowest BCUT2D eigenvalue weighted by Crippen LogP contribution is -2.40. The Morgan fingerprint density at radius 1 is 1.04 bits per heavy atom. The summed E-state index contributed by atoms with van der Waals surface area (Å²) in [7, 11) is 3.12. The summed E-state index contributed by atoms with van der Waals surface area (Å²) in [5.74, 6) is 0.764. The van der Waals surface area contributed by atoms with Gasteiger partial charge in [0.05, 0.1) is 13.5 Å². The van der Waals surface area contributed by atoms with Crippen LogP contribution in [0.3, 0.4) is 0 Å². The van der Waals surface area contributed by atoms with Crippen molar-refractivity contribution in [1.82, 2.24) is 10.6 Å². The first-order chi connectivity index (χ1) is 12.7. The Labute approximate surface area is 155 Å². The quantitative estimate of drug-likeness (QED) is 0.435. The van der Waals surface area contributed by atoms with E-state index in [4.69, 9.17) is 0 Å². The first-order valence-corrected chi connectivity index (χ1v) is 8.83. The summed E-state index contributed by atoms with van der Waals surface area (Å²) in [6, 6.07) is 20.9. The van der Waals surface area contributed by atoms with Crippen molar-refractivity contribution in [3.63, 3.8) is 0 Å². The second kappa shape index (κ2) is 10.9. The normalized spacial score (nSPS) is 12.3. The molecule has 0 aromatic heterocycles. The largest absolute Gasteiger partial charge is 0.469 e. The summed E-state index contributed by atoms with van der Waals surface area (Å²) in [5.41, 5.74) is 2.59. The summed E-state index contributed by atoms with van der Waals surface area (Å²) < 4.78 is 4.65. The molecule has 26 heavy (non-hydrogen) atoms. The summed E-state index contributed by atoms with van der Waals surface area (Å²) >= 11 is 0. The molecular weight excluding hydrogens is 326 g/mol. The molecule has 2 aromatic rings. The number of benzene rings is 2. The molecule has 138 valence electrons. The monoisotopic (exact) mass is 353 g/mol. The molecule has 2 rings (SSSR count). The number of rotatable bonds is 8. The van der Waals surface area contributed by atoms with Gasteiger partial charge in [0.15, 0.2) is 5.96 Å². The van der Waals surface area contributed by atoms with E-state index in [2.05, 4.69) is 68.9 Å². The predicted octanol–water partition coefficient (Wildman–Crippen LogP) is 2.74. The number of esters is 1. The van der Waals surface area contributed by atoms with Crippen LogP contribution in [-0.4, -0.2) is 39.2 Å². The molecule has 0 heterocycles. The van der Waals surface area contributed by atoms with E-state index in [-0.39, 0.29) is 5.97 Å². The van der Waals surface area contributed by atoms with Crippen LogP contribution < -0.4 is 10.6 Å². The van der Waals surface area contributed by atoms with Gasteiger partial charge < -0.3 is 15.4 Å². The molecule has 5 heteroatoms. The van der Waals surface area contributed by atoms with Gasteiger partial charge in [-0.2, -0.15) is 0 Å². The summed E-state index contributed by atoms with van der Waals surface area (Å²) in [5, 5.41) is 6.51. The van der Waals surface area contributed by atoms with E-state index in [0.717, 1.165) is 13.0 Å². The fraction of sp³-hybridized carbons (Fsp3) is 0.333. The third-order valence-electron chi connectivity index (χ3n) is 4.18. The summed E-state index contributed by atoms with van der Waals surface area (Å²) in [4.78, 5) is 15.4. The van der Waals surface area contributed by atoms with Crippen LogP contribution in [0, 0.1) is 0 Å². The Morgan fingerprint density at radius 3 is 2.31 bits per heavy atom. The van der Waals surface area contributed by atoms with Gasteiger partial charge in [0, 0.05) is 26.1 Å². The highest BCUT2D eigenvalue weighted by atomic mass is 16.5. The Bertz CT molecular complexity index is 687. The molecular formula is C21H27N3O2. The molecule has 2 N–H and O–H groups in total. The second-order valence-electron chi connectivity index (χ2n) is 6.00. The van der Waals surface area contributed by atoms with Gasteiger partial charge in [-0.1, -0.05) is 60.7 Å². The third-order valence-corrected chi connectivity index (χ3v) is 4.18. The van der Waals surface area contributed by atoms with Gasteiger partial charge in [-0.15, -0.1) is 0 Å². The number of hydrogen-bond acceptors (Lipinski definition) is 3. The minimum absolute atomic E-state index is 0.237. The number of methoxy groups -OCH3 is 1. The molecule has 1 unspecified atom stereocenters. The van der Waals surface area contributed by atoms with Crippen molar-refractivity contribution in [3.05, 3.63) is 71.8 Å². The fourth-order valence-corrected chi connectivity index (χ4v) is 2.76. The van der Waals surface area contributed by atoms with E-state index < -0.39 is 0 Å². The lowest BCUT2D eigenvalue weighted by Gasteiger charge is -2.20. The van der Waals surface area contributed by atoms with Crippen molar-refractivity contribution in [3.8, 4) is 0 Å². The van der Waals surface area contributed by atoms with Gasteiger partial charge in [-0.3, -0.25) is 9.79 Å². The van der Waals surface area contributed by atoms with Crippen molar-refractivity contribution in [2.75, 3.05) is 27.2 Å². The lowest BCUT2D eigenvalue weighted by atomic mass is 9.92. The molecule has 0 saturated heterocycles. The highest BCUT2D eigenvalue weighted by Crippen LogP contribution is 2.20. The molecule has 5 nitrogen and oxygen atoms in total. The zero-order valence-electron chi connectivity index (χ0n) is 15.4. The van der Waals surface area contributed by atoms with E-state index in [9.17, 15) is 4.79 Å². The number of carbonyl (C=O) groups excluding carboxylic acids is 1. The predicted molar refractivity (Wildman–Crippen MR) is 105 cm³/mol. The topological polar surface area (TPSA) is 62.7 Å². The molecule has 0 bridgehead atoms. The van der Waals surface area contributed by atoms with Crippen molar-refractivity contribution < 1.29 is 9.53 Å². The van der Waals surface area contributed by atoms with Crippen LogP contribution in [0.15, 0.2) is 65.7 Å². The average Bonchev–Trinajstić information content (AvgIpc) is 2.70. The van der Waals surface area contributed by atoms with Crippen molar-refractivity contribution in [2.24, 2.45) is 4.99 Å². The number of ether oxygens (including phenoxy) is 1. The fourth-order valence-electron chi connectivity index (χ4n) is 2.76. The van der Waals surface area contributed by atoms with Crippen molar-refractivity contribution >= 4 is 11.9 Å². The lowest BCUT2D eigenvalue weighted by molar-refractivity contribution is -0.140. The van der Waals surface area contributed by atoms with E-state index in [1.807, 2.05) is 12.1 Å². The number of guanidine groups is 1. The number of aliphatic imine (C=N–C) groups is 1. The van der Waals surface area contributed by atoms with Crippen LogP contribution in [0.2, 0.25) is 0 Å². The maximum Gasteiger partial charge on any atom is 0.307 e. The molecule has 0 amide bonds. The zero-order chi connectivity index (χ0) is 18.6. The zero-order valence-corrected chi connectivity index (χ0v) is 15.4. The number of hydrogen-bond donors (Lipinski definition) is 2. The highest BCUT2D eigenvalue weighted by molar-refractivity contribution is 5.80. The smallest absolute Gasteiger partial charge is 0.307 e. The molecule has 1 atom stereocenters. The minimum atomic E-state index is -0.237. The summed E-state index contributed by atoms with van der Waals surface area (Å²) in [6.45, 7) is 1.23. The van der Waals surface area contributed by atoms with Crippen LogP contribution in [0.5, 0.6) is 0 Å². The Morgan fingerprint density at radius 2 is 1.69 bits per heavy atom. The maximum atomic E-state index is 11.2. The van der Waals surface area contributed by atoms with Crippen molar-refractivity contribution in [2.45, 2.75) is 18.8 Å². The van der Waals surface area contributed by atoms with Gasteiger partial charge in [0.25, 0.3) is 0 Å². The molecule has 0 fully saturated rings. The minimum Gasteiger partial charge on any atom is -0.469 e. The van der Waals surface area contributed by atoms with E-state index >= 15 is 0 Å². The SMILES string of the molecule is CN=C(NCCC(=O)OC)NCC(Cc1ccccc1)c1ccccc1. The first-order valence-electron chi connectivity index (χ1n) is 8.83. The molecule has 0 aliphatic carbocycles. The van der Waals surface area contributed by atoms with E-state index in [0.29, 0.717) is 24.8 Å².